The Morgan fingerprint density at radius 1 is 1.33 bits per heavy atom. The van der Waals surface area contributed by atoms with Gasteiger partial charge in [-0.2, -0.15) is 0 Å². The Bertz CT molecular complexity index is 508. The molecule has 2 N–H and O–H groups in total. The van der Waals surface area contributed by atoms with Crippen LogP contribution < -0.4 is 10.1 Å². The van der Waals surface area contributed by atoms with Gasteiger partial charge in [0.1, 0.15) is 11.8 Å². The number of carbonyl (C=O) groups excluding carboxylic acids is 1. The molecule has 1 fully saturated rings. The van der Waals surface area contributed by atoms with Gasteiger partial charge in [0.15, 0.2) is 0 Å². The summed E-state index contributed by atoms with van der Waals surface area (Å²) in [6.07, 6.45) is 2.65. The topological polar surface area (TPSA) is 75.6 Å². The highest BCUT2D eigenvalue weighted by atomic mass is 16.5. The molecule has 1 amide bonds. The Morgan fingerprint density at radius 2 is 1.95 bits per heavy atom. The fraction of sp³-hybridized carbons (Fsp3) is 0.500. The van der Waals surface area contributed by atoms with Crippen LogP contribution in [-0.4, -0.2) is 30.1 Å². The van der Waals surface area contributed by atoms with Gasteiger partial charge in [0.25, 0.3) is 0 Å². The molecule has 114 valence electrons. The lowest BCUT2D eigenvalue weighted by Gasteiger charge is -2.18. The van der Waals surface area contributed by atoms with Crippen LogP contribution in [0.1, 0.15) is 37.7 Å². The molecule has 5 nitrogen and oxygen atoms in total. The van der Waals surface area contributed by atoms with Crippen molar-refractivity contribution in [3.63, 3.8) is 0 Å². The van der Waals surface area contributed by atoms with Crippen molar-refractivity contribution in [2.24, 2.45) is 5.92 Å². The molecule has 2 atom stereocenters. The minimum Gasteiger partial charge on any atom is -0.497 e. The van der Waals surface area contributed by atoms with Crippen molar-refractivity contribution in [3.05, 3.63) is 29.8 Å². The smallest absolute Gasteiger partial charge is 0.326 e. The largest absolute Gasteiger partial charge is 0.497 e. The molecule has 0 aliphatic heterocycles. The van der Waals surface area contributed by atoms with Crippen molar-refractivity contribution >= 4 is 11.9 Å². The minimum absolute atomic E-state index is 0.256. The van der Waals surface area contributed by atoms with E-state index < -0.39 is 17.9 Å². The maximum Gasteiger partial charge on any atom is 0.326 e. The molecule has 2 rings (SSSR count). The lowest BCUT2D eigenvalue weighted by Crippen LogP contribution is -2.42. The molecule has 21 heavy (non-hydrogen) atoms. The molecule has 0 radical (unpaired) electrons. The van der Waals surface area contributed by atoms with Crippen molar-refractivity contribution in [3.8, 4) is 5.75 Å². The average Bonchev–Trinajstić information content (AvgIpc) is 3.29. The molecule has 0 saturated heterocycles. The fourth-order valence-electron chi connectivity index (χ4n) is 2.25. The van der Waals surface area contributed by atoms with Gasteiger partial charge in [0.05, 0.1) is 13.0 Å². The monoisotopic (exact) mass is 291 g/mol. The molecule has 0 spiro atoms. The molecule has 0 aromatic heterocycles. The summed E-state index contributed by atoms with van der Waals surface area (Å²) in [6, 6.07) is 6.43. The summed E-state index contributed by atoms with van der Waals surface area (Å²) in [6.45, 7) is 1.77. The minimum atomic E-state index is -0.961. The number of aliphatic carboxylic acids is 1. The number of methoxy groups -OCH3 is 1. The van der Waals surface area contributed by atoms with Crippen LogP contribution in [0.5, 0.6) is 5.75 Å². The SMILES string of the molecule is COc1ccc(C(C)C(=O)NC(CC2CC2)C(=O)O)cc1. The second kappa shape index (κ2) is 6.61. The van der Waals surface area contributed by atoms with E-state index in [1.54, 1.807) is 26.2 Å². The number of ether oxygens (including phenoxy) is 1. The number of carboxylic acids is 1. The molecular formula is C16H21NO4. The Hall–Kier alpha value is -2.04. The van der Waals surface area contributed by atoms with Gasteiger partial charge in [-0.25, -0.2) is 4.79 Å². The number of amides is 1. The Labute approximate surface area is 124 Å². The molecule has 1 aliphatic carbocycles. The molecule has 2 unspecified atom stereocenters. The van der Waals surface area contributed by atoms with Crippen molar-refractivity contribution < 1.29 is 19.4 Å². The lowest BCUT2D eigenvalue weighted by molar-refractivity contribution is -0.142. The number of rotatable bonds is 7. The van der Waals surface area contributed by atoms with Crippen molar-refractivity contribution in [1.82, 2.24) is 5.32 Å². The highest BCUT2D eigenvalue weighted by Crippen LogP contribution is 2.33. The zero-order chi connectivity index (χ0) is 15.4. The molecule has 1 aromatic rings. The molecule has 1 saturated carbocycles. The van der Waals surface area contributed by atoms with Gasteiger partial charge in [0, 0.05) is 0 Å². The third kappa shape index (κ3) is 4.21. The third-order valence-corrected chi connectivity index (χ3v) is 3.89. The Balaban J connectivity index is 1.97. The van der Waals surface area contributed by atoms with Crippen molar-refractivity contribution in [2.75, 3.05) is 7.11 Å². The van der Waals surface area contributed by atoms with E-state index in [-0.39, 0.29) is 5.91 Å². The van der Waals surface area contributed by atoms with Crippen LogP contribution in [0.3, 0.4) is 0 Å². The lowest BCUT2D eigenvalue weighted by atomic mass is 9.99. The molecular weight excluding hydrogens is 270 g/mol. The fourth-order valence-corrected chi connectivity index (χ4v) is 2.25. The van der Waals surface area contributed by atoms with Crippen LogP contribution in [0.4, 0.5) is 0 Å². The number of carbonyl (C=O) groups is 2. The predicted molar refractivity (Wildman–Crippen MR) is 78.3 cm³/mol. The van der Waals surface area contributed by atoms with E-state index in [1.165, 1.54) is 0 Å². The van der Waals surface area contributed by atoms with Crippen LogP contribution in [0.2, 0.25) is 0 Å². The number of hydrogen-bond donors (Lipinski definition) is 2. The summed E-state index contributed by atoms with van der Waals surface area (Å²) >= 11 is 0. The van der Waals surface area contributed by atoms with E-state index in [0.717, 1.165) is 24.2 Å². The van der Waals surface area contributed by atoms with Crippen LogP contribution in [0.25, 0.3) is 0 Å². The average molecular weight is 291 g/mol. The zero-order valence-corrected chi connectivity index (χ0v) is 12.3. The number of nitrogens with one attached hydrogen (secondary N) is 1. The molecule has 0 bridgehead atoms. The standard InChI is InChI=1S/C16H21NO4/c1-10(12-5-7-13(21-2)8-6-12)15(18)17-14(16(19)20)9-11-3-4-11/h5-8,10-11,14H,3-4,9H2,1-2H3,(H,17,18)(H,19,20). The Kier molecular flexibility index (Phi) is 4.83. The normalized spacial score (nSPS) is 16.9. The predicted octanol–water partition coefficient (Wildman–Crippen LogP) is 2.17. The van der Waals surface area contributed by atoms with E-state index in [2.05, 4.69) is 5.32 Å². The first-order valence-electron chi connectivity index (χ1n) is 7.18. The Morgan fingerprint density at radius 3 is 2.43 bits per heavy atom. The highest BCUT2D eigenvalue weighted by Gasteiger charge is 2.31. The van der Waals surface area contributed by atoms with Crippen molar-refractivity contribution in [1.29, 1.82) is 0 Å². The summed E-state index contributed by atoms with van der Waals surface area (Å²) in [5, 5.41) is 11.8. The molecule has 1 aromatic carbocycles. The summed E-state index contributed by atoms with van der Waals surface area (Å²) in [5.41, 5.74) is 0.837. The summed E-state index contributed by atoms with van der Waals surface area (Å²) in [4.78, 5) is 23.4. The van der Waals surface area contributed by atoms with E-state index in [4.69, 9.17) is 4.74 Å². The first kappa shape index (κ1) is 15.4. The van der Waals surface area contributed by atoms with E-state index in [0.29, 0.717) is 12.3 Å². The van der Waals surface area contributed by atoms with Gasteiger partial charge < -0.3 is 15.2 Å². The quantitative estimate of drug-likeness (QED) is 0.807. The molecule has 0 heterocycles. The number of carboxylic acid groups (broad SMARTS) is 1. The van der Waals surface area contributed by atoms with Crippen molar-refractivity contribution in [2.45, 2.75) is 38.1 Å². The van der Waals surface area contributed by atoms with Gasteiger partial charge in [-0.3, -0.25) is 4.79 Å². The molecule has 5 heteroatoms. The van der Waals surface area contributed by atoms with Gasteiger partial charge in [-0.05, 0) is 37.0 Å². The third-order valence-electron chi connectivity index (χ3n) is 3.89. The van der Waals surface area contributed by atoms with Crippen LogP contribution >= 0.6 is 0 Å². The van der Waals surface area contributed by atoms with E-state index in [9.17, 15) is 14.7 Å². The van der Waals surface area contributed by atoms with Crippen LogP contribution in [0.15, 0.2) is 24.3 Å². The summed E-state index contributed by atoms with van der Waals surface area (Å²) in [7, 11) is 1.58. The van der Waals surface area contributed by atoms with Crippen LogP contribution in [-0.2, 0) is 9.59 Å². The first-order valence-corrected chi connectivity index (χ1v) is 7.18. The second-order valence-corrected chi connectivity index (χ2v) is 5.57. The van der Waals surface area contributed by atoms with Gasteiger partial charge >= 0.3 is 5.97 Å². The maximum atomic E-state index is 12.2. The number of benzene rings is 1. The summed E-state index contributed by atoms with van der Waals surface area (Å²) < 4.78 is 5.08. The summed E-state index contributed by atoms with van der Waals surface area (Å²) in [5.74, 6) is -0.437. The zero-order valence-electron chi connectivity index (χ0n) is 12.3. The van der Waals surface area contributed by atoms with E-state index in [1.807, 2.05) is 12.1 Å². The highest BCUT2D eigenvalue weighted by molar-refractivity contribution is 5.87. The first-order chi connectivity index (χ1) is 10.0. The van der Waals surface area contributed by atoms with Gasteiger partial charge in [-0.1, -0.05) is 25.0 Å². The van der Waals surface area contributed by atoms with Gasteiger partial charge in [0.2, 0.25) is 5.91 Å². The maximum absolute atomic E-state index is 12.2. The van der Waals surface area contributed by atoms with Gasteiger partial charge in [-0.15, -0.1) is 0 Å². The molecule has 1 aliphatic rings. The number of hydrogen-bond acceptors (Lipinski definition) is 3. The second-order valence-electron chi connectivity index (χ2n) is 5.57. The van der Waals surface area contributed by atoms with Crippen LogP contribution in [0, 0.1) is 5.92 Å². The van der Waals surface area contributed by atoms with E-state index >= 15 is 0 Å².